The van der Waals surface area contributed by atoms with Crippen LogP contribution in [0.5, 0.6) is 0 Å². The van der Waals surface area contributed by atoms with E-state index < -0.39 is 0 Å². The van der Waals surface area contributed by atoms with Gasteiger partial charge in [-0.3, -0.25) is 0 Å². The molecule has 0 fully saturated rings. The first kappa shape index (κ1) is 9.46. The van der Waals surface area contributed by atoms with E-state index in [1.165, 1.54) is 11.1 Å². The lowest BCUT2D eigenvalue weighted by Gasteiger charge is -2.11. The second-order valence-electron chi connectivity index (χ2n) is 4.33. The van der Waals surface area contributed by atoms with Crippen molar-refractivity contribution in [2.75, 3.05) is 5.32 Å². The van der Waals surface area contributed by atoms with Gasteiger partial charge < -0.3 is 9.84 Å². The highest BCUT2D eigenvalue weighted by Crippen LogP contribution is 2.25. The van der Waals surface area contributed by atoms with Crippen LogP contribution in [0.2, 0.25) is 0 Å². The van der Waals surface area contributed by atoms with Gasteiger partial charge in [-0.15, -0.1) is 0 Å². The van der Waals surface area contributed by atoms with Crippen molar-refractivity contribution in [3.63, 3.8) is 0 Å². The van der Waals surface area contributed by atoms with Gasteiger partial charge in [0.25, 0.3) is 0 Å². The monoisotopic (exact) mass is 214 g/mol. The summed E-state index contributed by atoms with van der Waals surface area (Å²) in [6.07, 6.45) is 3.85. The summed E-state index contributed by atoms with van der Waals surface area (Å²) in [5.74, 6) is 0. The molecule has 1 aliphatic rings. The van der Waals surface area contributed by atoms with E-state index in [0.717, 1.165) is 24.2 Å². The van der Waals surface area contributed by atoms with E-state index in [2.05, 4.69) is 34.7 Å². The number of benzene rings is 1. The lowest BCUT2D eigenvalue weighted by molar-refractivity contribution is 0.415. The van der Waals surface area contributed by atoms with Crippen LogP contribution in [0.4, 0.5) is 5.69 Å². The largest absolute Gasteiger partial charge is 0.377 e. The smallest absolute Gasteiger partial charge is 0.147 e. The van der Waals surface area contributed by atoms with Crippen LogP contribution in [-0.2, 0) is 12.8 Å². The zero-order valence-corrected chi connectivity index (χ0v) is 9.23. The van der Waals surface area contributed by atoms with Crippen molar-refractivity contribution in [1.29, 1.82) is 0 Å². The summed E-state index contributed by atoms with van der Waals surface area (Å²) in [6, 6.07) is 9.09. The zero-order chi connectivity index (χ0) is 11.0. The van der Waals surface area contributed by atoms with Crippen LogP contribution in [0.25, 0.3) is 0 Å². The Kier molecular flexibility index (Phi) is 2.17. The molecule has 1 aliphatic carbocycles. The van der Waals surface area contributed by atoms with Crippen LogP contribution in [0.1, 0.15) is 16.8 Å². The molecule has 2 aromatic rings. The summed E-state index contributed by atoms with van der Waals surface area (Å²) in [7, 11) is 0. The Morgan fingerprint density at radius 1 is 1.25 bits per heavy atom. The van der Waals surface area contributed by atoms with Crippen LogP contribution in [0.3, 0.4) is 0 Å². The molecule has 1 heterocycles. The van der Waals surface area contributed by atoms with Crippen molar-refractivity contribution in [2.24, 2.45) is 0 Å². The van der Waals surface area contributed by atoms with E-state index in [1.807, 2.05) is 6.92 Å². The van der Waals surface area contributed by atoms with E-state index >= 15 is 0 Å². The van der Waals surface area contributed by atoms with E-state index in [-0.39, 0.29) is 0 Å². The quantitative estimate of drug-likeness (QED) is 0.835. The molecule has 1 N–H and O–H groups in total. The van der Waals surface area contributed by atoms with Crippen LogP contribution in [0, 0.1) is 6.92 Å². The number of rotatable bonds is 2. The molecule has 3 rings (SSSR count). The molecule has 0 saturated carbocycles. The van der Waals surface area contributed by atoms with E-state index in [0.29, 0.717) is 6.04 Å². The first-order valence-electron chi connectivity index (χ1n) is 5.57. The molecule has 0 aliphatic heterocycles. The highest BCUT2D eigenvalue weighted by molar-refractivity contribution is 5.47. The van der Waals surface area contributed by atoms with Gasteiger partial charge >= 0.3 is 0 Å². The first-order valence-corrected chi connectivity index (χ1v) is 5.57. The Hall–Kier alpha value is -1.77. The van der Waals surface area contributed by atoms with Crippen molar-refractivity contribution in [2.45, 2.75) is 25.8 Å². The van der Waals surface area contributed by atoms with Crippen LogP contribution in [0.15, 0.2) is 35.1 Å². The SMILES string of the molecule is Cc1nocc1NC1Cc2ccccc2C1. The fraction of sp³-hybridized carbons (Fsp3) is 0.308. The summed E-state index contributed by atoms with van der Waals surface area (Å²) >= 11 is 0. The number of fused-ring (bicyclic) bond motifs is 1. The number of aryl methyl sites for hydroxylation is 1. The molecule has 0 saturated heterocycles. The van der Waals surface area contributed by atoms with Gasteiger partial charge in [0, 0.05) is 6.04 Å². The maximum atomic E-state index is 4.92. The molecule has 1 aromatic heterocycles. The third-order valence-electron chi connectivity index (χ3n) is 3.16. The predicted molar refractivity (Wildman–Crippen MR) is 62.5 cm³/mol. The number of anilines is 1. The molecule has 0 radical (unpaired) electrons. The van der Waals surface area contributed by atoms with Gasteiger partial charge in [0.05, 0.1) is 5.69 Å². The van der Waals surface area contributed by atoms with Crippen LogP contribution < -0.4 is 5.32 Å². The highest BCUT2D eigenvalue weighted by Gasteiger charge is 2.21. The summed E-state index contributed by atoms with van der Waals surface area (Å²) < 4.78 is 4.92. The summed E-state index contributed by atoms with van der Waals surface area (Å²) in [4.78, 5) is 0. The molecule has 0 bridgehead atoms. The fourth-order valence-electron chi connectivity index (χ4n) is 2.31. The third kappa shape index (κ3) is 1.58. The average molecular weight is 214 g/mol. The molecule has 0 spiro atoms. The molecule has 3 nitrogen and oxygen atoms in total. The minimum Gasteiger partial charge on any atom is -0.377 e. The molecule has 0 amide bonds. The lowest BCUT2D eigenvalue weighted by atomic mass is 10.1. The first-order chi connectivity index (χ1) is 7.83. The molecular formula is C13H14N2O. The van der Waals surface area contributed by atoms with E-state index in [4.69, 9.17) is 4.52 Å². The van der Waals surface area contributed by atoms with Gasteiger partial charge in [0.15, 0.2) is 0 Å². The highest BCUT2D eigenvalue weighted by atomic mass is 16.5. The van der Waals surface area contributed by atoms with Crippen molar-refractivity contribution in [3.05, 3.63) is 47.3 Å². The molecule has 82 valence electrons. The van der Waals surface area contributed by atoms with Gasteiger partial charge in [-0.05, 0) is 30.9 Å². The minimum atomic E-state index is 0.468. The topological polar surface area (TPSA) is 38.1 Å². The zero-order valence-electron chi connectivity index (χ0n) is 9.23. The Balaban J connectivity index is 1.75. The second kappa shape index (κ2) is 3.67. The maximum Gasteiger partial charge on any atom is 0.147 e. The standard InChI is InChI=1S/C13H14N2O/c1-9-13(8-16-15-9)14-12-6-10-4-2-3-5-11(10)7-12/h2-5,8,12,14H,6-7H2,1H3. The number of hydrogen-bond donors (Lipinski definition) is 1. The summed E-state index contributed by atoms with van der Waals surface area (Å²) in [6.45, 7) is 1.95. The van der Waals surface area contributed by atoms with Crippen molar-refractivity contribution in [1.82, 2.24) is 5.16 Å². The van der Waals surface area contributed by atoms with Crippen molar-refractivity contribution >= 4 is 5.69 Å². The maximum absolute atomic E-state index is 4.92. The van der Waals surface area contributed by atoms with Crippen LogP contribution in [-0.4, -0.2) is 11.2 Å². The van der Waals surface area contributed by atoms with Crippen molar-refractivity contribution in [3.8, 4) is 0 Å². The Morgan fingerprint density at radius 2 is 1.94 bits per heavy atom. The number of hydrogen-bond acceptors (Lipinski definition) is 3. The van der Waals surface area contributed by atoms with Gasteiger partial charge in [-0.25, -0.2) is 0 Å². The molecule has 0 unspecified atom stereocenters. The lowest BCUT2D eigenvalue weighted by Crippen LogP contribution is -2.19. The summed E-state index contributed by atoms with van der Waals surface area (Å²) in [5, 5.41) is 7.35. The van der Waals surface area contributed by atoms with Gasteiger partial charge in [0.1, 0.15) is 12.0 Å². The minimum absolute atomic E-state index is 0.468. The molecule has 0 atom stereocenters. The number of nitrogens with one attached hydrogen (secondary N) is 1. The molecule has 16 heavy (non-hydrogen) atoms. The predicted octanol–water partition coefficient (Wildman–Crippen LogP) is 2.56. The second-order valence-corrected chi connectivity index (χ2v) is 4.33. The fourth-order valence-corrected chi connectivity index (χ4v) is 2.31. The molecule has 1 aromatic carbocycles. The Labute approximate surface area is 94.5 Å². The van der Waals surface area contributed by atoms with E-state index in [1.54, 1.807) is 6.26 Å². The van der Waals surface area contributed by atoms with Crippen LogP contribution >= 0.6 is 0 Å². The normalized spacial score (nSPS) is 15.1. The Bertz CT molecular complexity index is 479. The number of aromatic nitrogens is 1. The van der Waals surface area contributed by atoms with Crippen molar-refractivity contribution < 1.29 is 4.52 Å². The molecular weight excluding hydrogens is 200 g/mol. The van der Waals surface area contributed by atoms with Gasteiger partial charge in [-0.2, -0.15) is 0 Å². The summed E-state index contributed by atoms with van der Waals surface area (Å²) in [5.41, 5.74) is 4.84. The Morgan fingerprint density at radius 3 is 2.50 bits per heavy atom. The van der Waals surface area contributed by atoms with Gasteiger partial charge in [0.2, 0.25) is 0 Å². The van der Waals surface area contributed by atoms with E-state index in [9.17, 15) is 0 Å². The third-order valence-corrected chi connectivity index (χ3v) is 3.16. The van der Waals surface area contributed by atoms with Gasteiger partial charge in [-0.1, -0.05) is 29.4 Å². The average Bonchev–Trinajstić information content (AvgIpc) is 2.85. The molecule has 3 heteroatoms. The number of nitrogens with zero attached hydrogens (tertiary/aromatic N) is 1.